The summed E-state index contributed by atoms with van der Waals surface area (Å²) in [7, 11) is 0. The molecule has 0 aliphatic heterocycles. The first-order valence-corrected chi connectivity index (χ1v) is 5.97. The molecular weight excluding hydrogens is 210 g/mol. The third kappa shape index (κ3) is 2.57. The van der Waals surface area contributed by atoms with E-state index in [1.807, 2.05) is 18.2 Å². The van der Waals surface area contributed by atoms with E-state index < -0.39 is 0 Å². The predicted octanol–water partition coefficient (Wildman–Crippen LogP) is 3.89. The molecule has 2 rings (SSSR count). The van der Waals surface area contributed by atoms with Crippen LogP contribution in [0.4, 0.5) is 0 Å². The number of hydrogen-bond donors (Lipinski definition) is 0. The molecule has 0 fully saturated rings. The highest BCUT2D eigenvalue weighted by atomic mass is 16.1. The second-order valence-electron chi connectivity index (χ2n) is 5.83. The van der Waals surface area contributed by atoms with Gasteiger partial charge in [0.05, 0.1) is 0 Å². The molecule has 17 heavy (non-hydrogen) atoms. The number of benzene rings is 1. The van der Waals surface area contributed by atoms with Crippen molar-refractivity contribution in [3.63, 3.8) is 0 Å². The number of fused-ring (bicyclic) bond motifs is 1. The van der Waals surface area contributed by atoms with Crippen LogP contribution in [0.1, 0.15) is 38.1 Å². The Hall–Kier alpha value is -1.57. The summed E-state index contributed by atoms with van der Waals surface area (Å²) < 4.78 is 2.25. The fourth-order valence-electron chi connectivity index (χ4n) is 2.07. The van der Waals surface area contributed by atoms with E-state index >= 15 is 0 Å². The summed E-state index contributed by atoms with van der Waals surface area (Å²) >= 11 is 0. The fourth-order valence-corrected chi connectivity index (χ4v) is 2.07. The molecule has 0 atom stereocenters. The van der Waals surface area contributed by atoms with Gasteiger partial charge in [-0.1, -0.05) is 20.8 Å². The Balaban J connectivity index is 2.45. The van der Waals surface area contributed by atoms with Gasteiger partial charge in [0.2, 0.25) is 0 Å². The van der Waals surface area contributed by atoms with E-state index in [1.54, 1.807) is 6.92 Å². The molecule has 1 aromatic heterocycles. The number of aromatic nitrogens is 1. The van der Waals surface area contributed by atoms with Crippen molar-refractivity contribution in [2.45, 2.75) is 34.2 Å². The molecule has 0 radical (unpaired) electrons. The van der Waals surface area contributed by atoms with E-state index in [4.69, 9.17) is 0 Å². The zero-order chi connectivity index (χ0) is 12.6. The Kier molecular flexibility index (Phi) is 2.82. The molecular formula is C15H19NO. The van der Waals surface area contributed by atoms with Crippen molar-refractivity contribution < 1.29 is 4.79 Å². The van der Waals surface area contributed by atoms with Crippen molar-refractivity contribution in [1.82, 2.24) is 4.57 Å². The number of ketones is 1. The van der Waals surface area contributed by atoms with Crippen LogP contribution in [0.3, 0.4) is 0 Å². The molecule has 2 heteroatoms. The maximum Gasteiger partial charge on any atom is 0.159 e. The van der Waals surface area contributed by atoms with E-state index in [1.165, 1.54) is 5.52 Å². The largest absolute Gasteiger partial charge is 0.347 e. The molecule has 0 saturated carbocycles. The maximum atomic E-state index is 11.3. The molecule has 1 heterocycles. The average molecular weight is 229 g/mol. The first-order chi connectivity index (χ1) is 7.87. The van der Waals surface area contributed by atoms with Crippen LogP contribution >= 0.6 is 0 Å². The van der Waals surface area contributed by atoms with Crippen LogP contribution < -0.4 is 0 Å². The highest BCUT2D eigenvalue weighted by Gasteiger charge is 2.13. The van der Waals surface area contributed by atoms with Gasteiger partial charge in [-0.15, -0.1) is 0 Å². The average Bonchev–Trinajstić information content (AvgIpc) is 2.58. The summed E-state index contributed by atoms with van der Waals surface area (Å²) in [5.41, 5.74) is 2.24. The lowest BCUT2D eigenvalue weighted by atomic mass is 9.97. The molecule has 2 nitrogen and oxygen atoms in total. The normalized spacial score (nSPS) is 12.0. The standard InChI is InChI=1S/C15H19NO/c1-11(17)12-5-6-14-13(9-12)7-8-16(14)10-15(2,3)4/h5-9H,10H2,1-4H3. The third-order valence-corrected chi connectivity index (χ3v) is 2.82. The second-order valence-corrected chi connectivity index (χ2v) is 5.83. The number of hydrogen-bond acceptors (Lipinski definition) is 1. The van der Waals surface area contributed by atoms with Gasteiger partial charge in [-0.25, -0.2) is 0 Å². The van der Waals surface area contributed by atoms with Gasteiger partial charge in [0.15, 0.2) is 5.78 Å². The number of Topliss-reactive ketones (excluding diaryl/α,β-unsaturated/α-hetero) is 1. The highest BCUT2D eigenvalue weighted by molar-refractivity contribution is 5.98. The summed E-state index contributed by atoms with van der Waals surface area (Å²) in [6.07, 6.45) is 2.10. The third-order valence-electron chi connectivity index (χ3n) is 2.82. The number of carbonyl (C=O) groups is 1. The van der Waals surface area contributed by atoms with E-state index in [9.17, 15) is 4.79 Å². The van der Waals surface area contributed by atoms with Crippen LogP contribution in [0.15, 0.2) is 30.5 Å². The summed E-state index contributed by atoms with van der Waals surface area (Å²) in [5, 5.41) is 1.14. The van der Waals surface area contributed by atoms with E-state index in [-0.39, 0.29) is 11.2 Å². The number of carbonyl (C=O) groups excluding carboxylic acids is 1. The van der Waals surface area contributed by atoms with Crippen molar-refractivity contribution in [2.24, 2.45) is 5.41 Å². The van der Waals surface area contributed by atoms with Crippen LogP contribution in [0.5, 0.6) is 0 Å². The van der Waals surface area contributed by atoms with Gasteiger partial charge in [-0.2, -0.15) is 0 Å². The Labute approximate surface area is 102 Å². The van der Waals surface area contributed by atoms with Gasteiger partial charge < -0.3 is 4.57 Å². The van der Waals surface area contributed by atoms with Gasteiger partial charge in [0.25, 0.3) is 0 Å². The van der Waals surface area contributed by atoms with Crippen LogP contribution in [0.25, 0.3) is 10.9 Å². The van der Waals surface area contributed by atoms with Gasteiger partial charge in [-0.3, -0.25) is 4.79 Å². The minimum atomic E-state index is 0.121. The molecule has 90 valence electrons. The smallest absolute Gasteiger partial charge is 0.159 e. The van der Waals surface area contributed by atoms with E-state index in [0.29, 0.717) is 0 Å². The highest BCUT2D eigenvalue weighted by Crippen LogP contribution is 2.23. The molecule has 0 saturated heterocycles. The minimum Gasteiger partial charge on any atom is -0.347 e. The van der Waals surface area contributed by atoms with Gasteiger partial charge >= 0.3 is 0 Å². The van der Waals surface area contributed by atoms with Gasteiger partial charge in [0.1, 0.15) is 0 Å². The van der Waals surface area contributed by atoms with Gasteiger partial charge in [-0.05, 0) is 36.6 Å². The summed E-state index contributed by atoms with van der Waals surface area (Å²) in [5.74, 6) is 0.121. The molecule has 1 aromatic carbocycles. The Bertz CT molecular complexity index is 558. The monoisotopic (exact) mass is 229 g/mol. The lowest BCUT2D eigenvalue weighted by molar-refractivity contribution is 0.101. The lowest BCUT2D eigenvalue weighted by Crippen LogP contribution is -2.14. The van der Waals surface area contributed by atoms with Crippen LogP contribution in [-0.2, 0) is 6.54 Å². The second kappa shape index (κ2) is 4.02. The topological polar surface area (TPSA) is 22.0 Å². The quantitative estimate of drug-likeness (QED) is 0.716. The first-order valence-electron chi connectivity index (χ1n) is 5.97. The van der Waals surface area contributed by atoms with Gasteiger partial charge in [0, 0.05) is 29.2 Å². The molecule has 0 N–H and O–H groups in total. The molecule has 0 aliphatic rings. The van der Waals surface area contributed by atoms with Crippen molar-refractivity contribution >= 4 is 16.7 Å². The summed E-state index contributed by atoms with van der Waals surface area (Å²) in [4.78, 5) is 11.3. The molecule has 0 amide bonds. The van der Waals surface area contributed by atoms with Crippen LogP contribution in [0, 0.1) is 5.41 Å². The Morgan fingerprint density at radius 2 is 1.94 bits per heavy atom. The predicted molar refractivity (Wildman–Crippen MR) is 71.4 cm³/mol. The minimum absolute atomic E-state index is 0.121. The molecule has 0 spiro atoms. The fraction of sp³-hybridized carbons (Fsp3) is 0.400. The lowest BCUT2D eigenvalue weighted by Gasteiger charge is -2.19. The zero-order valence-corrected chi connectivity index (χ0v) is 10.9. The van der Waals surface area contributed by atoms with E-state index in [2.05, 4.69) is 37.6 Å². The first kappa shape index (κ1) is 11.9. The summed E-state index contributed by atoms with van der Waals surface area (Å²) in [6, 6.07) is 7.99. The molecule has 2 aromatic rings. The molecule has 0 bridgehead atoms. The van der Waals surface area contributed by atoms with Crippen LogP contribution in [0.2, 0.25) is 0 Å². The summed E-state index contributed by atoms with van der Waals surface area (Å²) in [6.45, 7) is 9.26. The Morgan fingerprint density at radius 3 is 2.53 bits per heavy atom. The maximum absolute atomic E-state index is 11.3. The van der Waals surface area contributed by atoms with Crippen molar-refractivity contribution in [3.05, 3.63) is 36.0 Å². The van der Waals surface area contributed by atoms with Crippen LogP contribution in [-0.4, -0.2) is 10.4 Å². The number of nitrogens with zero attached hydrogens (tertiary/aromatic N) is 1. The van der Waals surface area contributed by atoms with Crippen molar-refractivity contribution in [2.75, 3.05) is 0 Å². The van der Waals surface area contributed by atoms with Crippen molar-refractivity contribution in [1.29, 1.82) is 0 Å². The van der Waals surface area contributed by atoms with E-state index in [0.717, 1.165) is 17.5 Å². The Morgan fingerprint density at radius 1 is 1.24 bits per heavy atom. The SMILES string of the molecule is CC(=O)c1ccc2c(ccn2CC(C)(C)C)c1. The zero-order valence-electron chi connectivity index (χ0n) is 10.9. The number of rotatable bonds is 2. The molecule has 0 aliphatic carbocycles. The molecule has 0 unspecified atom stereocenters. The van der Waals surface area contributed by atoms with Crippen molar-refractivity contribution in [3.8, 4) is 0 Å².